The van der Waals surface area contributed by atoms with Crippen LogP contribution in [0.5, 0.6) is 5.75 Å². The zero-order valence-corrected chi connectivity index (χ0v) is 15.3. The Labute approximate surface area is 144 Å². The van der Waals surface area contributed by atoms with Gasteiger partial charge in [-0.1, -0.05) is 13.8 Å². The summed E-state index contributed by atoms with van der Waals surface area (Å²) < 4.78 is 5.52. The Morgan fingerprint density at radius 2 is 2.00 bits per heavy atom. The Morgan fingerprint density at radius 1 is 1.21 bits per heavy atom. The van der Waals surface area contributed by atoms with Gasteiger partial charge in [-0.3, -0.25) is 9.88 Å². The third kappa shape index (κ3) is 3.26. The van der Waals surface area contributed by atoms with Crippen molar-refractivity contribution in [1.29, 1.82) is 0 Å². The van der Waals surface area contributed by atoms with E-state index in [1.54, 1.807) is 7.11 Å². The van der Waals surface area contributed by atoms with Gasteiger partial charge in [0.25, 0.3) is 0 Å². The SMILES string of the molecule is COc1c(C)cnc(CN2CCc3cnc(C(C)C)nc3C2)c1C. The first-order valence-electron chi connectivity index (χ1n) is 8.55. The number of pyridine rings is 1. The van der Waals surface area contributed by atoms with Gasteiger partial charge >= 0.3 is 0 Å². The molecule has 0 saturated heterocycles. The van der Waals surface area contributed by atoms with Crippen molar-refractivity contribution in [2.75, 3.05) is 13.7 Å². The molecule has 128 valence electrons. The molecule has 0 atom stereocenters. The average molecular weight is 326 g/mol. The maximum Gasteiger partial charge on any atom is 0.131 e. The van der Waals surface area contributed by atoms with Gasteiger partial charge in [-0.05, 0) is 25.8 Å². The summed E-state index contributed by atoms with van der Waals surface area (Å²) >= 11 is 0. The lowest BCUT2D eigenvalue weighted by atomic mass is 10.0. The van der Waals surface area contributed by atoms with Crippen LogP contribution < -0.4 is 4.74 Å². The predicted octanol–water partition coefficient (Wildman–Crippen LogP) is 3.18. The van der Waals surface area contributed by atoms with Crippen LogP contribution in [0, 0.1) is 13.8 Å². The highest BCUT2D eigenvalue weighted by atomic mass is 16.5. The second-order valence-corrected chi connectivity index (χ2v) is 6.86. The molecule has 24 heavy (non-hydrogen) atoms. The maximum absolute atomic E-state index is 5.52. The number of ether oxygens (including phenoxy) is 1. The highest BCUT2D eigenvalue weighted by Crippen LogP contribution is 2.26. The van der Waals surface area contributed by atoms with Crippen LogP contribution >= 0.6 is 0 Å². The molecule has 0 amide bonds. The van der Waals surface area contributed by atoms with Crippen LogP contribution in [0.3, 0.4) is 0 Å². The quantitative estimate of drug-likeness (QED) is 0.864. The second kappa shape index (κ2) is 6.85. The van der Waals surface area contributed by atoms with E-state index in [1.165, 1.54) is 5.56 Å². The fraction of sp³-hybridized carbons (Fsp3) is 0.526. The lowest BCUT2D eigenvalue weighted by Crippen LogP contribution is -2.32. The Balaban J connectivity index is 1.80. The summed E-state index contributed by atoms with van der Waals surface area (Å²) in [6, 6.07) is 0. The molecular weight excluding hydrogens is 300 g/mol. The zero-order chi connectivity index (χ0) is 17.3. The molecule has 3 heterocycles. The minimum absolute atomic E-state index is 0.357. The topological polar surface area (TPSA) is 51.1 Å². The molecule has 0 saturated carbocycles. The molecule has 2 aromatic heterocycles. The first kappa shape index (κ1) is 16.8. The van der Waals surface area contributed by atoms with Crippen LogP contribution in [-0.2, 0) is 19.5 Å². The van der Waals surface area contributed by atoms with Crippen LogP contribution in [0.1, 0.15) is 53.7 Å². The molecule has 2 aromatic rings. The second-order valence-electron chi connectivity index (χ2n) is 6.86. The van der Waals surface area contributed by atoms with Crippen LogP contribution in [0.15, 0.2) is 12.4 Å². The first-order chi connectivity index (χ1) is 11.5. The number of hydrogen-bond donors (Lipinski definition) is 0. The minimum Gasteiger partial charge on any atom is -0.496 e. The number of aryl methyl sites for hydroxylation is 1. The van der Waals surface area contributed by atoms with Crippen LogP contribution in [0.4, 0.5) is 0 Å². The van der Waals surface area contributed by atoms with Crippen molar-refractivity contribution in [3.05, 3.63) is 46.3 Å². The Hall–Kier alpha value is -2.01. The van der Waals surface area contributed by atoms with Gasteiger partial charge in [0.2, 0.25) is 0 Å². The smallest absolute Gasteiger partial charge is 0.131 e. The molecule has 0 aromatic carbocycles. The molecule has 3 rings (SSSR count). The fourth-order valence-electron chi connectivity index (χ4n) is 3.23. The number of nitrogens with zero attached hydrogens (tertiary/aromatic N) is 4. The largest absolute Gasteiger partial charge is 0.496 e. The number of hydrogen-bond acceptors (Lipinski definition) is 5. The normalized spacial score (nSPS) is 14.8. The van der Waals surface area contributed by atoms with Gasteiger partial charge in [-0.15, -0.1) is 0 Å². The molecule has 0 N–H and O–H groups in total. The van der Waals surface area contributed by atoms with E-state index in [2.05, 4.69) is 35.6 Å². The Kier molecular flexibility index (Phi) is 4.81. The standard InChI is InChI=1S/C19H26N4O/c1-12(2)19-21-9-15-6-7-23(11-17(15)22-19)10-16-14(4)18(24-5)13(3)8-20-16/h8-9,12H,6-7,10-11H2,1-5H3. The monoisotopic (exact) mass is 326 g/mol. The van der Waals surface area contributed by atoms with Crippen molar-refractivity contribution in [1.82, 2.24) is 19.9 Å². The van der Waals surface area contributed by atoms with E-state index in [9.17, 15) is 0 Å². The lowest BCUT2D eigenvalue weighted by Gasteiger charge is -2.28. The van der Waals surface area contributed by atoms with Gasteiger partial charge in [0.1, 0.15) is 11.6 Å². The molecular formula is C19H26N4O. The van der Waals surface area contributed by atoms with Gasteiger partial charge in [0.15, 0.2) is 0 Å². The minimum atomic E-state index is 0.357. The first-order valence-corrected chi connectivity index (χ1v) is 8.55. The van der Waals surface area contributed by atoms with E-state index in [1.807, 2.05) is 19.3 Å². The van der Waals surface area contributed by atoms with Crippen molar-refractivity contribution < 1.29 is 4.74 Å². The van der Waals surface area contributed by atoms with E-state index in [0.717, 1.165) is 60.1 Å². The van der Waals surface area contributed by atoms with Crippen molar-refractivity contribution in [3.63, 3.8) is 0 Å². The molecule has 0 bridgehead atoms. The van der Waals surface area contributed by atoms with Gasteiger partial charge in [0, 0.05) is 49.1 Å². The number of fused-ring (bicyclic) bond motifs is 1. The van der Waals surface area contributed by atoms with E-state index < -0.39 is 0 Å². The summed E-state index contributed by atoms with van der Waals surface area (Å²) in [5, 5.41) is 0. The average Bonchev–Trinajstić information content (AvgIpc) is 2.57. The number of rotatable bonds is 4. The third-order valence-electron chi connectivity index (χ3n) is 4.68. The fourth-order valence-corrected chi connectivity index (χ4v) is 3.23. The molecule has 1 aliphatic heterocycles. The summed E-state index contributed by atoms with van der Waals surface area (Å²) in [6.07, 6.45) is 4.90. The number of methoxy groups -OCH3 is 1. The van der Waals surface area contributed by atoms with Gasteiger partial charge in [-0.25, -0.2) is 9.97 Å². The maximum atomic E-state index is 5.52. The Morgan fingerprint density at radius 3 is 2.71 bits per heavy atom. The van der Waals surface area contributed by atoms with Crippen molar-refractivity contribution in [2.24, 2.45) is 0 Å². The molecule has 0 radical (unpaired) electrons. The summed E-state index contributed by atoms with van der Waals surface area (Å²) in [6.45, 7) is 11.1. The van der Waals surface area contributed by atoms with Crippen molar-refractivity contribution in [3.8, 4) is 5.75 Å². The van der Waals surface area contributed by atoms with E-state index >= 15 is 0 Å². The third-order valence-corrected chi connectivity index (χ3v) is 4.68. The van der Waals surface area contributed by atoms with E-state index in [4.69, 9.17) is 9.72 Å². The lowest BCUT2D eigenvalue weighted by molar-refractivity contribution is 0.236. The van der Waals surface area contributed by atoms with Gasteiger partial charge < -0.3 is 4.74 Å². The highest BCUT2D eigenvalue weighted by molar-refractivity contribution is 5.41. The Bertz CT molecular complexity index is 742. The molecule has 0 spiro atoms. The molecule has 0 fully saturated rings. The van der Waals surface area contributed by atoms with E-state index in [0.29, 0.717) is 5.92 Å². The summed E-state index contributed by atoms with van der Waals surface area (Å²) in [5.41, 5.74) is 5.74. The summed E-state index contributed by atoms with van der Waals surface area (Å²) in [4.78, 5) is 16.3. The summed E-state index contributed by atoms with van der Waals surface area (Å²) in [7, 11) is 1.72. The molecule has 5 nitrogen and oxygen atoms in total. The van der Waals surface area contributed by atoms with E-state index in [-0.39, 0.29) is 0 Å². The van der Waals surface area contributed by atoms with Crippen molar-refractivity contribution in [2.45, 2.75) is 53.1 Å². The van der Waals surface area contributed by atoms with Gasteiger partial charge in [-0.2, -0.15) is 0 Å². The highest BCUT2D eigenvalue weighted by Gasteiger charge is 2.21. The molecule has 5 heteroatoms. The van der Waals surface area contributed by atoms with Crippen LogP contribution in [0.25, 0.3) is 0 Å². The van der Waals surface area contributed by atoms with Crippen LogP contribution in [0.2, 0.25) is 0 Å². The van der Waals surface area contributed by atoms with Crippen molar-refractivity contribution >= 4 is 0 Å². The molecule has 1 aliphatic rings. The number of aromatic nitrogens is 3. The zero-order valence-electron chi connectivity index (χ0n) is 15.3. The predicted molar refractivity (Wildman–Crippen MR) is 94.2 cm³/mol. The summed E-state index contributed by atoms with van der Waals surface area (Å²) in [5.74, 6) is 2.24. The van der Waals surface area contributed by atoms with Gasteiger partial charge in [0.05, 0.1) is 18.5 Å². The molecule has 0 aliphatic carbocycles. The molecule has 0 unspecified atom stereocenters. The van der Waals surface area contributed by atoms with Crippen LogP contribution in [-0.4, -0.2) is 33.5 Å².